The summed E-state index contributed by atoms with van der Waals surface area (Å²) in [6.45, 7) is 4.37. The minimum absolute atomic E-state index is 0.197. The molecule has 0 bridgehead atoms. The van der Waals surface area contributed by atoms with Crippen LogP contribution in [0, 0.1) is 11.8 Å². The van der Waals surface area contributed by atoms with E-state index in [0.717, 1.165) is 76.1 Å². The highest BCUT2D eigenvalue weighted by molar-refractivity contribution is 5.71. The lowest BCUT2D eigenvalue weighted by molar-refractivity contribution is 0.0977. The lowest BCUT2D eigenvalue weighted by Gasteiger charge is -2.37. The molecule has 0 N–H and O–H groups in total. The third-order valence-electron chi connectivity index (χ3n) is 11.1. The summed E-state index contributed by atoms with van der Waals surface area (Å²) in [5.41, 5.74) is 0. The van der Waals surface area contributed by atoms with Crippen molar-refractivity contribution >= 4 is 12.2 Å². The number of rotatable bonds is 16. The maximum atomic E-state index is 12.8. The highest BCUT2D eigenvalue weighted by atomic mass is 16.6. The van der Waals surface area contributed by atoms with Crippen molar-refractivity contribution in [2.24, 2.45) is 11.8 Å². The van der Waals surface area contributed by atoms with Crippen LogP contribution in [0.5, 0.6) is 23.0 Å². The molecule has 4 aliphatic heterocycles. The molecule has 6 fully saturated rings. The van der Waals surface area contributed by atoms with Crippen molar-refractivity contribution in [2.45, 2.75) is 94.3 Å². The van der Waals surface area contributed by atoms with E-state index in [1.165, 1.54) is 6.42 Å². The molecule has 0 spiro atoms. The fourth-order valence-electron chi connectivity index (χ4n) is 8.10. The van der Waals surface area contributed by atoms with Crippen molar-refractivity contribution in [3.05, 3.63) is 48.5 Å². The number of nitrogens with zero attached hydrogens (tertiary/aromatic N) is 2. The molecule has 4 atom stereocenters. The lowest BCUT2D eigenvalue weighted by atomic mass is 9.75. The average Bonchev–Trinajstić information content (AvgIpc) is 4.09. The van der Waals surface area contributed by atoms with Gasteiger partial charge >= 0.3 is 12.2 Å². The Hall–Kier alpha value is -3.90. The molecule has 276 valence electrons. The van der Waals surface area contributed by atoms with Gasteiger partial charge in [-0.05, 0) is 93.9 Å². The van der Waals surface area contributed by atoms with Gasteiger partial charge in [0.25, 0.3) is 0 Å². The first-order valence-corrected chi connectivity index (χ1v) is 18.9. The third-order valence-corrected chi connectivity index (χ3v) is 11.1. The quantitative estimate of drug-likeness (QED) is 0.197. The largest absolute Gasteiger partial charge is 0.491 e. The maximum absolute atomic E-state index is 12.8. The fourth-order valence-corrected chi connectivity index (χ4v) is 8.10. The van der Waals surface area contributed by atoms with Crippen LogP contribution in [0.4, 0.5) is 9.59 Å². The number of ether oxygens (including phenoxy) is 8. The summed E-state index contributed by atoms with van der Waals surface area (Å²) in [6.07, 6.45) is 9.23. The highest BCUT2D eigenvalue weighted by Gasteiger charge is 2.40. The van der Waals surface area contributed by atoms with Gasteiger partial charge in [0.05, 0.1) is 26.3 Å². The SMILES string of the molecule is O=C1OC(COc2cccc(OCC3CO3)c2)CN1C1CCC(CC2CCC(N3CC(COc4cccc(OCC5CO5)c4)OC3=O)CC2)CC1. The topological polar surface area (TPSA) is 121 Å². The van der Waals surface area contributed by atoms with Gasteiger partial charge < -0.3 is 47.7 Å². The van der Waals surface area contributed by atoms with E-state index in [4.69, 9.17) is 37.9 Å². The second-order valence-corrected chi connectivity index (χ2v) is 15.0. The van der Waals surface area contributed by atoms with Crippen LogP contribution in [-0.2, 0) is 18.9 Å². The molecule has 4 unspecified atom stereocenters. The monoisotopic (exact) mass is 706 g/mol. The molecule has 12 nitrogen and oxygen atoms in total. The molecule has 12 heteroatoms. The van der Waals surface area contributed by atoms with Crippen LogP contribution in [-0.4, -0.2) is 111 Å². The molecular weight excluding hydrogens is 656 g/mol. The van der Waals surface area contributed by atoms with Gasteiger partial charge in [-0.25, -0.2) is 9.59 Å². The van der Waals surface area contributed by atoms with Crippen molar-refractivity contribution < 1.29 is 47.5 Å². The Bertz CT molecular complexity index is 1370. The standard InChI is InChI=1S/C39H50N2O10/c42-38-40(18-34(50-38)20-44-30-3-1-5-32(16-30)46-22-36-24-48-36)28-11-7-26(8-12-28)15-27-9-13-29(14-10-27)41-19-35(51-39(41)43)21-45-31-4-2-6-33(17-31)47-23-37-25-49-37/h1-6,16-17,26-29,34-37H,7-15,18-25H2. The summed E-state index contributed by atoms with van der Waals surface area (Å²) in [4.78, 5) is 29.5. The summed E-state index contributed by atoms with van der Waals surface area (Å²) >= 11 is 0. The fraction of sp³-hybridized carbons (Fsp3) is 0.641. The second-order valence-electron chi connectivity index (χ2n) is 15.0. The number of carbonyl (C=O) groups is 2. The van der Waals surface area contributed by atoms with Crippen molar-refractivity contribution in [1.29, 1.82) is 0 Å². The molecule has 2 aromatic rings. The van der Waals surface area contributed by atoms with Crippen LogP contribution >= 0.6 is 0 Å². The summed E-state index contributed by atoms with van der Waals surface area (Å²) in [6, 6.07) is 15.6. The first-order chi connectivity index (χ1) is 25.0. The second kappa shape index (κ2) is 15.8. The van der Waals surface area contributed by atoms with Crippen molar-refractivity contribution in [1.82, 2.24) is 9.80 Å². The van der Waals surface area contributed by atoms with Gasteiger partial charge in [0.2, 0.25) is 0 Å². The number of benzene rings is 2. The molecule has 2 saturated carbocycles. The molecule has 6 aliphatic rings. The minimum Gasteiger partial charge on any atom is -0.491 e. The summed E-state index contributed by atoms with van der Waals surface area (Å²) in [7, 11) is 0. The van der Waals surface area contributed by atoms with E-state index in [1.54, 1.807) is 0 Å². The van der Waals surface area contributed by atoms with Crippen molar-refractivity contribution in [3.8, 4) is 23.0 Å². The van der Waals surface area contributed by atoms with Gasteiger partial charge in [-0.2, -0.15) is 0 Å². The summed E-state index contributed by atoms with van der Waals surface area (Å²) < 4.78 is 45.3. The number of cyclic esters (lactones) is 2. The third kappa shape index (κ3) is 9.32. The first kappa shape index (κ1) is 34.2. The van der Waals surface area contributed by atoms with E-state index in [0.29, 0.717) is 62.9 Å². The van der Waals surface area contributed by atoms with E-state index in [-0.39, 0.29) is 48.7 Å². The molecule has 8 rings (SSSR count). The van der Waals surface area contributed by atoms with Gasteiger partial charge in [0.15, 0.2) is 12.2 Å². The van der Waals surface area contributed by atoms with E-state index < -0.39 is 0 Å². The zero-order chi connectivity index (χ0) is 34.6. The molecule has 4 heterocycles. The minimum atomic E-state index is -0.282. The van der Waals surface area contributed by atoms with Crippen LogP contribution in [0.15, 0.2) is 48.5 Å². The van der Waals surface area contributed by atoms with Gasteiger partial charge in [-0.15, -0.1) is 0 Å². The smallest absolute Gasteiger partial charge is 0.410 e. The normalized spacial score (nSPS) is 31.5. The average molecular weight is 707 g/mol. The van der Waals surface area contributed by atoms with Gasteiger partial charge in [-0.1, -0.05) is 12.1 Å². The summed E-state index contributed by atoms with van der Waals surface area (Å²) in [5.74, 6) is 4.26. The zero-order valence-corrected chi connectivity index (χ0v) is 29.2. The molecule has 2 aromatic carbocycles. The Balaban J connectivity index is 0.714. The number of hydrogen-bond donors (Lipinski definition) is 0. The number of hydrogen-bond acceptors (Lipinski definition) is 10. The predicted molar refractivity (Wildman–Crippen MR) is 184 cm³/mol. The van der Waals surface area contributed by atoms with Crippen LogP contribution < -0.4 is 18.9 Å². The van der Waals surface area contributed by atoms with Crippen LogP contribution in [0.2, 0.25) is 0 Å². The number of amides is 2. The maximum Gasteiger partial charge on any atom is 0.410 e. The van der Waals surface area contributed by atoms with E-state index in [2.05, 4.69) is 0 Å². The van der Waals surface area contributed by atoms with Crippen molar-refractivity contribution in [2.75, 3.05) is 52.7 Å². The Labute approximate surface area is 299 Å². The van der Waals surface area contributed by atoms with Crippen molar-refractivity contribution in [3.63, 3.8) is 0 Å². The highest BCUT2D eigenvalue weighted by Crippen LogP contribution is 2.39. The van der Waals surface area contributed by atoms with Crippen LogP contribution in [0.25, 0.3) is 0 Å². The van der Waals surface area contributed by atoms with Crippen LogP contribution in [0.3, 0.4) is 0 Å². The summed E-state index contributed by atoms with van der Waals surface area (Å²) in [5, 5.41) is 0. The number of carbonyl (C=O) groups excluding carboxylic acids is 2. The molecule has 0 aromatic heterocycles. The molecule has 51 heavy (non-hydrogen) atoms. The Kier molecular flexibility index (Phi) is 10.6. The van der Waals surface area contributed by atoms with Crippen LogP contribution in [0.1, 0.15) is 57.8 Å². The number of epoxide rings is 2. The molecular formula is C39H50N2O10. The molecule has 2 aliphatic carbocycles. The Morgan fingerprint density at radius 2 is 0.882 bits per heavy atom. The van der Waals surface area contributed by atoms with Gasteiger partial charge in [0.1, 0.15) is 61.6 Å². The first-order valence-electron chi connectivity index (χ1n) is 18.9. The molecule has 2 amide bonds. The van der Waals surface area contributed by atoms with E-state index in [1.807, 2.05) is 58.3 Å². The Morgan fingerprint density at radius 3 is 1.24 bits per heavy atom. The van der Waals surface area contributed by atoms with E-state index in [9.17, 15) is 9.59 Å². The predicted octanol–water partition coefficient (Wildman–Crippen LogP) is 5.85. The molecule has 0 radical (unpaired) electrons. The zero-order valence-electron chi connectivity index (χ0n) is 29.2. The lowest BCUT2D eigenvalue weighted by Crippen LogP contribution is -2.40. The van der Waals surface area contributed by atoms with Gasteiger partial charge in [0, 0.05) is 24.2 Å². The van der Waals surface area contributed by atoms with E-state index >= 15 is 0 Å². The Morgan fingerprint density at radius 1 is 0.529 bits per heavy atom. The molecule has 4 saturated heterocycles. The van der Waals surface area contributed by atoms with Gasteiger partial charge in [-0.3, -0.25) is 0 Å².